The van der Waals surface area contributed by atoms with E-state index in [2.05, 4.69) is 36.5 Å². The fraction of sp³-hybridized carbons (Fsp3) is 0.125. The van der Waals surface area contributed by atoms with Gasteiger partial charge in [0.05, 0.1) is 5.36 Å². The monoisotopic (exact) mass is 412 g/mol. The van der Waals surface area contributed by atoms with Crippen molar-refractivity contribution in [2.45, 2.75) is 18.8 Å². The Hall–Kier alpha value is -3.38. The first kappa shape index (κ1) is 18.6. The second-order valence-electron chi connectivity index (χ2n) is 7.26. The number of carbonyl (C=O) groups is 1. The molecule has 1 atom stereocenters. The van der Waals surface area contributed by atoms with Gasteiger partial charge in [-0.25, -0.2) is 5.01 Å². The highest BCUT2D eigenvalue weighted by Gasteiger charge is 2.34. The maximum atomic E-state index is 13.1. The molecular weight excluding hydrogens is 392 g/mol. The number of amides is 1. The lowest BCUT2D eigenvalue weighted by Gasteiger charge is -2.34. The molecule has 0 saturated heterocycles. The molecule has 0 unspecified atom stereocenters. The maximum absolute atomic E-state index is 13.1. The summed E-state index contributed by atoms with van der Waals surface area (Å²) >= 11 is 1.51. The zero-order valence-electron chi connectivity index (χ0n) is 16.4. The molecule has 0 bridgehead atoms. The van der Waals surface area contributed by atoms with Gasteiger partial charge in [-0.3, -0.25) is 15.1 Å². The lowest BCUT2D eigenvalue weighted by Crippen LogP contribution is -2.50. The summed E-state index contributed by atoms with van der Waals surface area (Å²) in [4.78, 5) is 18.0. The van der Waals surface area contributed by atoms with Crippen LogP contribution < -0.4 is 15.9 Å². The van der Waals surface area contributed by atoms with Gasteiger partial charge in [-0.1, -0.05) is 90.1 Å². The van der Waals surface area contributed by atoms with Gasteiger partial charge in [0.15, 0.2) is 11.3 Å². The van der Waals surface area contributed by atoms with Crippen LogP contribution in [-0.2, 0) is 10.5 Å². The Bertz CT molecular complexity index is 1250. The Labute approximate surface area is 178 Å². The molecule has 5 rings (SSSR count). The Balaban J connectivity index is 1.57. The number of nitrogens with one attached hydrogen (secondary N) is 1. The molecule has 6 heteroatoms. The zero-order valence-corrected chi connectivity index (χ0v) is 17.3. The van der Waals surface area contributed by atoms with E-state index in [-0.39, 0.29) is 12.1 Å². The van der Waals surface area contributed by atoms with Crippen molar-refractivity contribution in [3.63, 3.8) is 0 Å². The lowest BCUT2D eigenvalue weighted by molar-refractivity contribution is -0.116. The molecule has 0 spiro atoms. The van der Waals surface area contributed by atoms with Crippen LogP contribution >= 0.6 is 11.8 Å². The van der Waals surface area contributed by atoms with E-state index in [1.807, 2.05) is 54.6 Å². The SMILES string of the molecule is Cc1ccc([C@H]2N=c3ccccc3=C3C(=O)NC(SCc4ccccc4)=NN32)cc1. The first-order chi connectivity index (χ1) is 14.7. The molecular formula is C24H20N4OS. The number of hydrogen-bond donors (Lipinski definition) is 1. The van der Waals surface area contributed by atoms with Gasteiger partial charge in [-0.2, -0.15) is 0 Å². The number of fused-ring (bicyclic) bond motifs is 2. The summed E-state index contributed by atoms with van der Waals surface area (Å²) in [6.45, 7) is 2.06. The van der Waals surface area contributed by atoms with E-state index in [1.165, 1.54) is 22.9 Å². The van der Waals surface area contributed by atoms with Crippen LogP contribution in [0.4, 0.5) is 0 Å². The van der Waals surface area contributed by atoms with Gasteiger partial charge >= 0.3 is 0 Å². The van der Waals surface area contributed by atoms with Crippen LogP contribution in [0.3, 0.4) is 0 Å². The molecule has 2 aliphatic heterocycles. The highest BCUT2D eigenvalue weighted by atomic mass is 32.2. The highest BCUT2D eigenvalue weighted by molar-refractivity contribution is 8.13. The molecule has 0 saturated carbocycles. The summed E-state index contributed by atoms with van der Waals surface area (Å²) in [5.74, 6) is 0.575. The molecule has 148 valence electrons. The number of nitrogens with zero attached hydrogens (tertiary/aromatic N) is 3. The van der Waals surface area contributed by atoms with E-state index < -0.39 is 0 Å². The number of carbonyl (C=O) groups excluding carboxylic acids is 1. The van der Waals surface area contributed by atoms with E-state index in [4.69, 9.17) is 10.1 Å². The van der Waals surface area contributed by atoms with Crippen LogP contribution in [0.15, 0.2) is 89.0 Å². The minimum atomic E-state index is -0.381. The summed E-state index contributed by atoms with van der Waals surface area (Å²) in [5.41, 5.74) is 3.89. The number of aryl methyl sites for hydroxylation is 1. The molecule has 30 heavy (non-hydrogen) atoms. The molecule has 1 amide bonds. The van der Waals surface area contributed by atoms with E-state index in [0.29, 0.717) is 10.9 Å². The van der Waals surface area contributed by atoms with Crippen molar-refractivity contribution in [2.24, 2.45) is 10.1 Å². The number of benzene rings is 3. The van der Waals surface area contributed by atoms with Crippen molar-refractivity contribution in [3.05, 3.63) is 106 Å². The second kappa shape index (κ2) is 7.80. The van der Waals surface area contributed by atoms with Crippen molar-refractivity contribution >= 4 is 28.5 Å². The van der Waals surface area contributed by atoms with Crippen LogP contribution in [0.5, 0.6) is 0 Å². The minimum absolute atomic E-state index is 0.153. The molecule has 0 radical (unpaired) electrons. The Morgan fingerprint density at radius 1 is 0.967 bits per heavy atom. The molecule has 3 aromatic rings. The average Bonchev–Trinajstić information content (AvgIpc) is 2.78. The van der Waals surface area contributed by atoms with Crippen molar-refractivity contribution in [3.8, 4) is 0 Å². The molecule has 0 fully saturated rings. The number of para-hydroxylation sites is 1. The van der Waals surface area contributed by atoms with Crippen LogP contribution in [0.1, 0.15) is 22.9 Å². The Morgan fingerprint density at radius 2 is 1.70 bits per heavy atom. The van der Waals surface area contributed by atoms with Gasteiger partial charge in [0.1, 0.15) is 5.70 Å². The zero-order chi connectivity index (χ0) is 20.5. The third-order valence-corrected chi connectivity index (χ3v) is 6.04. The molecule has 2 aliphatic rings. The third-order valence-electron chi connectivity index (χ3n) is 5.11. The number of hydrogen-bond acceptors (Lipinski definition) is 5. The Morgan fingerprint density at radius 3 is 2.50 bits per heavy atom. The summed E-state index contributed by atoms with van der Waals surface area (Å²) in [6.07, 6.45) is -0.381. The lowest BCUT2D eigenvalue weighted by atomic mass is 10.1. The van der Waals surface area contributed by atoms with Gasteiger partial charge in [0.2, 0.25) is 0 Å². The van der Waals surface area contributed by atoms with Gasteiger partial charge in [-0.15, -0.1) is 5.10 Å². The average molecular weight is 413 g/mol. The maximum Gasteiger partial charge on any atom is 0.276 e. The first-order valence-electron chi connectivity index (χ1n) is 9.79. The second-order valence-corrected chi connectivity index (χ2v) is 8.22. The molecule has 0 aromatic heterocycles. The van der Waals surface area contributed by atoms with Gasteiger partial charge < -0.3 is 0 Å². The molecule has 2 heterocycles. The van der Waals surface area contributed by atoms with E-state index in [9.17, 15) is 4.79 Å². The fourth-order valence-corrected chi connectivity index (χ4v) is 4.38. The predicted octanol–water partition coefficient (Wildman–Crippen LogP) is 3.07. The van der Waals surface area contributed by atoms with Gasteiger partial charge in [-0.05, 0) is 24.1 Å². The number of rotatable bonds is 3. The predicted molar refractivity (Wildman–Crippen MR) is 120 cm³/mol. The summed E-state index contributed by atoms with van der Waals surface area (Å²) < 4.78 is 0. The molecule has 1 N–H and O–H groups in total. The largest absolute Gasteiger partial charge is 0.298 e. The van der Waals surface area contributed by atoms with Crippen LogP contribution in [0, 0.1) is 6.92 Å². The van der Waals surface area contributed by atoms with Crippen molar-refractivity contribution in [1.82, 2.24) is 10.3 Å². The van der Waals surface area contributed by atoms with E-state index >= 15 is 0 Å². The van der Waals surface area contributed by atoms with E-state index in [1.54, 1.807) is 5.01 Å². The van der Waals surface area contributed by atoms with Gasteiger partial charge in [0, 0.05) is 11.0 Å². The fourth-order valence-electron chi connectivity index (χ4n) is 3.57. The topological polar surface area (TPSA) is 57.1 Å². The molecule has 5 nitrogen and oxygen atoms in total. The minimum Gasteiger partial charge on any atom is -0.298 e. The quantitative estimate of drug-likeness (QED) is 0.719. The summed E-state index contributed by atoms with van der Waals surface area (Å²) in [6, 6.07) is 26.1. The summed E-state index contributed by atoms with van der Waals surface area (Å²) in [5, 5.41) is 11.7. The van der Waals surface area contributed by atoms with E-state index in [0.717, 1.165) is 21.9 Å². The van der Waals surface area contributed by atoms with Crippen LogP contribution in [0.25, 0.3) is 5.70 Å². The normalized spacial score (nSPS) is 17.4. The Kier molecular flexibility index (Phi) is 4.85. The highest BCUT2D eigenvalue weighted by Crippen LogP contribution is 2.31. The third kappa shape index (κ3) is 3.50. The standard InChI is InChI=1S/C24H20N4OS/c1-16-11-13-18(14-12-16)22-25-20-10-6-5-9-19(20)21-23(29)26-24(27-28(21)22)30-15-17-7-3-2-4-8-17/h2-14,22H,15H2,1H3,(H,26,27,29)/t22-/m0/s1. The number of hydrazone groups is 1. The first-order valence-corrected chi connectivity index (χ1v) is 10.8. The van der Waals surface area contributed by atoms with Gasteiger partial charge in [0.25, 0.3) is 5.91 Å². The van der Waals surface area contributed by atoms with Crippen molar-refractivity contribution in [2.75, 3.05) is 0 Å². The van der Waals surface area contributed by atoms with Crippen molar-refractivity contribution in [1.29, 1.82) is 0 Å². The van der Waals surface area contributed by atoms with Crippen LogP contribution in [-0.4, -0.2) is 16.1 Å². The van der Waals surface area contributed by atoms with Crippen LogP contribution in [0.2, 0.25) is 0 Å². The molecule has 0 aliphatic carbocycles. The smallest absolute Gasteiger partial charge is 0.276 e. The summed E-state index contributed by atoms with van der Waals surface area (Å²) in [7, 11) is 0. The van der Waals surface area contributed by atoms with Crippen molar-refractivity contribution < 1.29 is 4.79 Å². The number of thioether (sulfide) groups is 1. The number of amidine groups is 1. The molecule has 3 aromatic carbocycles.